The zero-order chi connectivity index (χ0) is 21.7. The minimum atomic E-state index is -4.40. The van der Waals surface area contributed by atoms with Crippen LogP contribution in [-0.4, -0.2) is 58.7 Å². The van der Waals surface area contributed by atoms with Gasteiger partial charge in [-0.1, -0.05) is 0 Å². The Morgan fingerprint density at radius 3 is 2.57 bits per heavy atom. The number of aromatic nitrogens is 3. The number of carbonyl (C=O) groups excluding carboxylic acids is 1. The van der Waals surface area contributed by atoms with Gasteiger partial charge in [0.1, 0.15) is 11.6 Å². The zero-order valence-electron chi connectivity index (χ0n) is 16.5. The summed E-state index contributed by atoms with van der Waals surface area (Å²) in [5.74, 6) is 1.06. The van der Waals surface area contributed by atoms with Gasteiger partial charge in [-0.2, -0.15) is 18.3 Å². The Bertz CT molecular complexity index is 921. The van der Waals surface area contributed by atoms with E-state index < -0.39 is 11.7 Å². The molecule has 162 valence electrons. The molecular formula is C19H23F3N6O2. The number of aryl methyl sites for hydroxylation is 1. The fourth-order valence-electron chi connectivity index (χ4n) is 3.13. The number of nitrogens with zero attached hydrogens (tertiary/aromatic N) is 4. The number of piperazine rings is 1. The summed E-state index contributed by atoms with van der Waals surface area (Å²) in [6.45, 7) is 4.26. The number of amides is 1. The summed E-state index contributed by atoms with van der Waals surface area (Å²) in [4.78, 5) is 31.2. The predicted octanol–water partition coefficient (Wildman–Crippen LogP) is 2.03. The Kier molecular flexibility index (Phi) is 6.58. The monoisotopic (exact) mass is 424 g/mol. The van der Waals surface area contributed by atoms with Gasteiger partial charge in [-0.3, -0.25) is 9.59 Å². The molecule has 0 bridgehead atoms. The van der Waals surface area contributed by atoms with Crippen molar-refractivity contribution in [1.29, 1.82) is 0 Å². The van der Waals surface area contributed by atoms with Crippen molar-refractivity contribution in [3.05, 3.63) is 45.9 Å². The average Bonchev–Trinajstić information content (AvgIpc) is 2.73. The molecule has 3 heterocycles. The van der Waals surface area contributed by atoms with E-state index in [2.05, 4.69) is 20.5 Å². The first-order valence-electron chi connectivity index (χ1n) is 9.60. The first-order chi connectivity index (χ1) is 14.2. The van der Waals surface area contributed by atoms with Gasteiger partial charge in [0.05, 0.1) is 5.56 Å². The van der Waals surface area contributed by atoms with E-state index in [0.717, 1.165) is 12.3 Å². The quantitative estimate of drug-likeness (QED) is 0.690. The van der Waals surface area contributed by atoms with Crippen molar-refractivity contribution >= 4 is 17.5 Å². The molecule has 1 saturated heterocycles. The van der Waals surface area contributed by atoms with E-state index in [-0.39, 0.29) is 11.5 Å². The number of H-pyrrole nitrogens is 1. The number of halogens is 3. The van der Waals surface area contributed by atoms with Crippen LogP contribution in [0.4, 0.5) is 24.8 Å². The number of nitrogens with one attached hydrogen (secondary N) is 2. The van der Waals surface area contributed by atoms with Gasteiger partial charge in [-0.15, -0.1) is 0 Å². The van der Waals surface area contributed by atoms with Crippen LogP contribution in [0, 0.1) is 6.92 Å². The third-order valence-corrected chi connectivity index (χ3v) is 4.89. The van der Waals surface area contributed by atoms with Crippen LogP contribution in [0.3, 0.4) is 0 Å². The van der Waals surface area contributed by atoms with Gasteiger partial charge >= 0.3 is 6.18 Å². The summed E-state index contributed by atoms with van der Waals surface area (Å²) in [5, 5.41) is 9.34. The molecular weight excluding hydrogens is 401 g/mol. The van der Waals surface area contributed by atoms with E-state index in [0.29, 0.717) is 62.8 Å². The molecule has 0 aliphatic carbocycles. The van der Waals surface area contributed by atoms with E-state index >= 15 is 0 Å². The minimum Gasteiger partial charge on any atom is -0.369 e. The smallest absolute Gasteiger partial charge is 0.369 e. The molecule has 0 atom stereocenters. The van der Waals surface area contributed by atoms with E-state index in [1.807, 2.05) is 4.90 Å². The molecule has 0 aromatic carbocycles. The highest BCUT2D eigenvalue weighted by molar-refractivity contribution is 5.76. The highest BCUT2D eigenvalue weighted by atomic mass is 19.4. The Hall–Kier alpha value is -3.11. The number of carbonyl (C=O) groups is 1. The van der Waals surface area contributed by atoms with E-state index in [4.69, 9.17) is 0 Å². The maximum Gasteiger partial charge on any atom is 0.417 e. The molecule has 0 unspecified atom stereocenters. The third-order valence-electron chi connectivity index (χ3n) is 4.89. The van der Waals surface area contributed by atoms with Crippen LogP contribution in [0.2, 0.25) is 0 Å². The van der Waals surface area contributed by atoms with Gasteiger partial charge in [0.2, 0.25) is 5.91 Å². The Morgan fingerprint density at radius 1 is 1.23 bits per heavy atom. The maximum atomic E-state index is 12.6. The highest BCUT2D eigenvalue weighted by Crippen LogP contribution is 2.29. The maximum absolute atomic E-state index is 12.6. The second-order valence-electron chi connectivity index (χ2n) is 7.07. The topological polar surface area (TPSA) is 94.2 Å². The number of alkyl halides is 3. The van der Waals surface area contributed by atoms with Crippen molar-refractivity contribution in [3.63, 3.8) is 0 Å². The summed E-state index contributed by atoms with van der Waals surface area (Å²) in [6, 6.07) is 4.03. The van der Waals surface area contributed by atoms with Gasteiger partial charge in [-0.05, 0) is 31.5 Å². The lowest BCUT2D eigenvalue weighted by Gasteiger charge is -2.35. The largest absolute Gasteiger partial charge is 0.417 e. The van der Waals surface area contributed by atoms with Crippen LogP contribution in [0.15, 0.2) is 29.2 Å². The first-order valence-corrected chi connectivity index (χ1v) is 9.60. The molecule has 0 saturated carbocycles. The SMILES string of the molecule is Cc1cc(NCCCC(=O)N2CCN(c3ccc(C(F)(F)F)cn3)CC2)n[nH]c1=O. The minimum absolute atomic E-state index is 0.0300. The second-order valence-corrected chi connectivity index (χ2v) is 7.07. The normalized spacial score (nSPS) is 14.7. The van der Waals surface area contributed by atoms with Gasteiger partial charge in [0, 0.05) is 50.9 Å². The molecule has 2 aromatic heterocycles. The molecule has 2 aromatic rings. The molecule has 1 aliphatic rings. The average molecular weight is 424 g/mol. The summed E-state index contributed by atoms with van der Waals surface area (Å²) >= 11 is 0. The predicted molar refractivity (Wildman–Crippen MR) is 105 cm³/mol. The molecule has 1 aliphatic heterocycles. The lowest BCUT2D eigenvalue weighted by Crippen LogP contribution is -2.49. The fourth-order valence-corrected chi connectivity index (χ4v) is 3.13. The van der Waals surface area contributed by atoms with Crippen molar-refractivity contribution < 1.29 is 18.0 Å². The van der Waals surface area contributed by atoms with Crippen LogP contribution in [0.25, 0.3) is 0 Å². The number of hydrogen-bond acceptors (Lipinski definition) is 6. The Labute approximate surface area is 171 Å². The zero-order valence-corrected chi connectivity index (χ0v) is 16.5. The lowest BCUT2D eigenvalue weighted by atomic mass is 10.2. The summed E-state index contributed by atoms with van der Waals surface area (Å²) in [7, 11) is 0. The van der Waals surface area contributed by atoms with Crippen LogP contribution in [-0.2, 0) is 11.0 Å². The summed E-state index contributed by atoms with van der Waals surface area (Å²) < 4.78 is 37.9. The van der Waals surface area contributed by atoms with Crippen LogP contribution < -0.4 is 15.8 Å². The molecule has 2 N–H and O–H groups in total. The van der Waals surface area contributed by atoms with Crippen LogP contribution in [0.1, 0.15) is 24.0 Å². The van der Waals surface area contributed by atoms with Gasteiger partial charge in [-0.25, -0.2) is 10.1 Å². The number of anilines is 2. The lowest BCUT2D eigenvalue weighted by molar-refractivity contribution is -0.137. The van der Waals surface area contributed by atoms with Crippen molar-refractivity contribution in [2.75, 3.05) is 42.9 Å². The molecule has 1 fully saturated rings. The van der Waals surface area contributed by atoms with Gasteiger partial charge in [0.25, 0.3) is 5.56 Å². The molecule has 11 heteroatoms. The third kappa shape index (κ3) is 5.49. The first kappa shape index (κ1) is 21.6. The van der Waals surface area contributed by atoms with E-state index in [1.54, 1.807) is 17.9 Å². The number of aromatic amines is 1. The number of hydrogen-bond donors (Lipinski definition) is 2. The van der Waals surface area contributed by atoms with Crippen LogP contribution in [0.5, 0.6) is 0 Å². The molecule has 8 nitrogen and oxygen atoms in total. The van der Waals surface area contributed by atoms with Crippen molar-refractivity contribution in [1.82, 2.24) is 20.1 Å². The van der Waals surface area contributed by atoms with Crippen molar-refractivity contribution in [3.8, 4) is 0 Å². The van der Waals surface area contributed by atoms with Crippen molar-refractivity contribution in [2.24, 2.45) is 0 Å². The molecule has 1 amide bonds. The van der Waals surface area contributed by atoms with E-state index in [1.165, 1.54) is 6.07 Å². The van der Waals surface area contributed by atoms with Gasteiger partial charge in [0.15, 0.2) is 0 Å². The molecule has 30 heavy (non-hydrogen) atoms. The Balaban J connectivity index is 1.40. The number of rotatable bonds is 6. The van der Waals surface area contributed by atoms with Gasteiger partial charge < -0.3 is 15.1 Å². The summed E-state index contributed by atoms with van der Waals surface area (Å²) in [6.07, 6.45) is -2.59. The Morgan fingerprint density at radius 2 is 1.97 bits per heavy atom. The van der Waals surface area contributed by atoms with E-state index in [9.17, 15) is 22.8 Å². The summed E-state index contributed by atoms with van der Waals surface area (Å²) in [5.41, 5.74) is -0.453. The van der Waals surface area contributed by atoms with Crippen molar-refractivity contribution in [2.45, 2.75) is 25.9 Å². The standard InChI is InChI=1S/C19H23F3N6O2/c1-13-11-15(25-26-18(13)30)23-6-2-3-17(29)28-9-7-27(8-10-28)16-5-4-14(12-24-16)19(20,21)22/h4-5,11-12H,2-3,6-10H2,1H3,(H,23,25)(H,26,30). The fraction of sp³-hybridized carbons (Fsp3) is 0.474. The highest BCUT2D eigenvalue weighted by Gasteiger charge is 2.31. The molecule has 3 rings (SSSR count). The number of pyridine rings is 1. The molecule has 0 radical (unpaired) electrons. The second kappa shape index (κ2) is 9.14. The molecule has 0 spiro atoms. The van der Waals surface area contributed by atoms with Crippen LogP contribution >= 0.6 is 0 Å².